The molecule has 0 radical (unpaired) electrons. The highest BCUT2D eigenvalue weighted by Gasteiger charge is 2.18. The third-order valence-corrected chi connectivity index (χ3v) is 4.36. The first-order valence-corrected chi connectivity index (χ1v) is 8.57. The molecule has 27 heavy (non-hydrogen) atoms. The van der Waals surface area contributed by atoms with Crippen molar-refractivity contribution >= 4 is 5.91 Å². The number of hydrogen-bond acceptors (Lipinski definition) is 5. The van der Waals surface area contributed by atoms with E-state index in [1.807, 2.05) is 56.3 Å². The summed E-state index contributed by atoms with van der Waals surface area (Å²) in [7, 11) is 1.59. The van der Waals surface area contributed by atoms with Crippen molar-refractivity contribution in [2.45, 2.75) is 27.0 Å². The van der Waals surface area contributed by atoms with Gasteiger partial charge in [0.2, 0.25) is 0 Å². The lowest BCUT2D eigenvalue weighted by Crippen LogP contribution is -2.24. The Bertz CT molecular complexity index is 966. The minimum Gasteiger partial charge on any atom is -0.497 e. The van der Waals surface area contributed by atoms with E-state index in [1.165, 1.54) is 4.80 Å². The summed E-state index contributed by atoms with van der Waals surface area (Å²) in [4.78, 5) is 13.9. The number of nitrogens with one attached hydrogen (secondary N) is 1. The molecule has 1 heterocycles. The van der Waals surface area contributed by atoms with Gasteiger partial charge in [-0.2, -0.15) is 4.80 Å². The second-order valence-electron chi connectivity index (χ2n) is 6.25. The summed E-state index contributed by atoms with van der Waals surface area (Å²) in [5.74, 6) is 0.329. The molecule has 2 aromatic carbocycles. The van der Waals surface area contributed by atoms with Crippen molar-refractivity contribution in [3.8, 4) is 11.4 Å². The van der Waals surface area contributed by atoms with E-state index in [-0.39, 0.29) is 18.0 Å². The number of rotatable bonds is 6. The number of hydrogen-bond donors (Lipinski definition) is 2. The van der Waals surface area contributed by atoms with Crippen LogP contribution in [-0.4, -0.2) is 33.1 Å². The van der Waals surface area contributed by atoms with Gasteiger partial charge in [-0.3, -0.25) is 4.79 Å². The summed E-state index contributed by atoms with van der Waals surface area (Å²) in [5, 5.41) is 20.9. The molecule has 7 heteroatoms. The third kappa shape index (κ3) is 4.15. The molecule has 2 N–H and O–H groups in total. The Morgan fingerprint density at radius 2 is 1.96 bits per heavy atom. The molecule has 0 spiro atoms. The molecule has 1 amide bonds. The molecule has 0 aliphatic rings. The average molecular weight is 366 g/mol. The maximum Gasteiger partial charge on any atom is 0.274 e. The largest absolute Gasteiger partial charge is 0.497 e. The van der Waals surface area contributed by atoms with E-state index < -0.39 is 5.91 Å². The number of aromatic nitrogens is 3. The zero-order valence-corrected chi connectivity index (χ0v) is 15.6. The minimum atomic E-state index is -0.392. The lowest BCUT2D eigenvalue weighted by Gasteiger charge is -2.06. The van der Waals surface area contributed by atoms with Gasteiger partial charge in [-0.15, -0.1) is 10.2 Å². The lowest BCUT2D eigenvalue weighted by atomic mass is 10.1. The van der Waals surface area contributed by atoms with Crippen LogP contribution in [0.3, 0.4) is 0 Å². The molecule has 1 aromatic heterocycles. The van der Waals surface area contributed by atoms with Crippen LogP contribution in [0.15, 0.2) is 42.5 Å². The van der Waals surface area contributed by atoms with E-state index in [4.69, 9.17) is 4.74 Å². The fraction of sp³-hybridized carbons (Fsp3) is 0.250. The van der Waals surface area contributed by atoms with Crippen LogP contribution in [0.4, 0.5) is 0 Å². The summed E-state index contributed by atoms with van der Waals surface area (Å²) in [6.45, 7) is 3.97. The standard InChI is InChI=1S/C20H22N4O3/c1-13-7-8-16(9-14(13)2)24-22-18(12-25)19(23-24)20(26)21-11-15-5-4-6-17(10-15)27-3/h4-10,25H,11-12H2,1-3H3,(H,21,26). The van der Waals surface area contributed by atoms with Crippen molar-refractivity contribution in [2.24, 2.45) is 0 Å². The number of carbonyl (C=O) groups excluding carboxylic acids is 1. The molecular formula is C20H22N4O3. The van der Waals surface area contributed by atoms with E-state index >= 15 is 0 Å². The van der Waals surface area contributed by atoms with Crippen molar-refractivity contribution in [3.05, 3.63) is 70.5 Å². The van der Waals surface area contributed by atoms with Gasteiger partial charge in [-0.1, -0.05) is 18.2 Å². The maximum atomic E-state index is 12.5. The number of methoxy groups -OCH3 is 1. The minimum absolute atomic E-state index is 0.110. The number of aliphatic hydroxyl groups is 1. The highest BCUT2D eigenvalue weighted by molar-refractivity contribution is 5.93. The van der Waals surface area contributed by atoms with Gasteiger partial charge in [0.1, 0.15) is 11.4 Å². The van der Waals surface area contributed by atoms with Gasteiger partial charge < -0.3 is 15.2 Å². The summed E-state index contributed by atoms with van der Waals surface area (Å²) < 4.78 is 5.18. The smallest absolute Gasteiger partial charge is 0.274 e. The molecule has 140 valence electrons. The molecule has 0 unspecified atom stereocenters. The number of aryl methyl sites for hydroxylation is 2. The first-order chi connectivity index (χ1) is 13.0. The average Bonchev–Trinajstić information content (AvgIpc) is 3.13. The van der Waals surface area contributed by atoms with Crippen LogP contribution in [0, 0.1) is 13.8 Å². The Morgan fingerprint density at radius 3 is 2.67 bits per heavy atom. The Morgan fingerprint density at radius 1 is 1.15 bits per heavy atom. The third-order valence-electron chi connectivity index (χ3n) is 4.36. The topological polar surface area (TPSA) is 89.3 Å². The molecule has 0 atom stereocenters. The van der Waals surface area contributed by atoms with Crippen LogP contribution in [0.25, 0.3) is 5.69 Å². The first-order valence-electron chi connectivity index (χ1n) is 8.57. The van der Waals surface area contributed by atoms with Gasteiger partial charge in [0.25, 0.3) is 5.91 Å². The molecule has 0 fully saturated rings. The van der Waals surface area contributed by atoms with Gasteiger partial charge in [0, 0.05) is 6.54 Å². The quantitative estimate of drug-likeness (QED) is 0.699. The molecule has 7 nitrogen and oxygen atoms in total. The lowest BCUT2D eigenvalue weighted by molar-refractivity contribution is 0.0942. The molecule has 3 aromatic rings. The van der Waals surface area contributed by atoms with Gasteiger partial charge in [0.05, 0.1) is 19.4 Å². The molecule has 0 aliphatic carbocycles. The van der Waals surface area contributed by atoms with Crippen LogP contribution in [0.5, 0.6) is 5.75 Å². The maximum absolute atomic E-state index is 12.5. The number of benzene rings is 2. The number of amides is 1. The summed E-state index contributed by atoms with van der Waals surface area (Å²) in [6.07, 6.45) is 0. The normalized spacial score (nSPS) is 10.7. The van der Waals surface area contributed by atoms with Gasteiger partial charge in [-0.25, -0.2) is 0 Å². The zero-order chi connectivity index (χ0) is 19.4. The second kappa shape index (κ2) is 8.01. The number of aliphatic hydroxyl groups excluding tert-OH is 1. The Balaban J connectivity index is 1.79. The van der Waals surface area contributed by atoms with Crippen LogP contribution < -0.4 is 10.1 Å². The fourth-order valence-electron chi connectivity index (χ4n) is 2.63. The van der Waals surface area contributed by atoms with E-state index in [0.29, 0.717) is 6.54 Å². The number of carbonyl (C=O) groups is 1. The van der Waals surface area contributed by atoms with E-state index in [1.54, 1.807) is 7.11 Å². The SMILES string of the molecule is COc1cccc(CNC(=O)c2nn(-c3ccc(C)c(C)c3)nc2CO)c1. The summed E-state index contributed by atoms with van der Waals surface area (Å²) in [5.41, 5.74) is 4.23. The predicted molar refractivity (Wildman–Crippen MR) is 101 cm³/mol. The van der Waals surface area contributed by atoms with Crippen molar-refractivity contribution in [1.29, 1.82) is 0 Å². The molecule has 0 saturated heterocycles. The molecular weight excluding hydrogens is 344 g/mol. The van der Waals surface area contributed by atoms with Crippen molar-refractivity contribution in [1.82, 2.24) is 20.3 Å². The fourth-order valence-corrected chi connectivity index (χ4v) is 2.63. The zero-order valence-electron chi connectivity index (χ0n) is 15.6. The first kappa shape index (κ1) is 18.6. The van der Waals surface area contributed by atoms with Crippen molar-refractivity contribution in [2.75, 3.05) is 7.11 Å². The van der Waals surface area contributed by atoms with Crippen LogP contribution in [-0.2, 0) is 13.2 Å². The van der Waals surface area contributed by atoms with E-state index in [9.17, 15) is 9.90 Å². The molecule has 0 aliphatic heterocycles. The Hall–Kier alpha value is -3.19. The summed E-state index contributed by atoms with van der Waals surface area (Å²) >= 11 is 0. The van der Waals surface area contributed by atoms with Crippen LogP contribution in [0.1, 0.15) is 32.9 Å². The van der Waals surface area contributed by atoms with E-state index in [2.05, 4.69) is 15.5 Å². The molecule has 0 saturated carbocycles. The predicted octanol–water partition coefficient (Wildman–Crippen LogP) is 2.32. The molecule has 0 bridgehead atoms. The van der Waals surface area contributed by atoms with Crippen LogP contribution in [0.2, 0.25) is 0 Å². The van der Waals surface area contributed by atoms with E-state index in [0.717, 1.165) is 28.1 Å². The van der Waals surface area contributed by atoms with Crippen molar-refractivity contribution < 1.29 is 14.6 Å². The van der Waals surface area contributed by atoms with Gasteiger partial charge in [0.15, 0.2) is 5.69 Å². The number of nitrogens with zero attached hydrogens (tertiary/aromatic N) is 3. The number of ether oxygens (including phenoxy) is 1. The Labute approximate surface area is 157 Å². The van der Waals surface area contributed by atoms with Crippen molar-refractivity contribution in [3.63, 3.8) is 0 Å². The van der Waals surface area contributed by atoms with Gasteiger partial charge in [-0.05, 0) is 54.8 Å². The summed E-state index contributed by atoms with van der Waals surface area (Å²) in [6, 6.07) is 13.2. The highest BCUT2D eigenvalue weighted by atomic mass is 16.5. The highest BCUT2D eigenvalue weighted by Crippen LogP contribution is 2.15. The Kier molecular flexibility index (Phi) is 5.52. The second-order valence-corrected chi connectivity index (χ2v) is 6.25. The van der Waals surface area contributed by atoms with Crippen LogP contribution >= 0.6 is 0 Å². The molecule has 3 rings (SSSR count). The monoisotopic (exact) mass is 366 g/mol. The van der Waals surface area contributed by atoms with Gasteiger partial charge >= 0.3 is 0 Å².